The van der Waals surface area contributed by atoms with Crippen molar-refractivity contribution in [2.45, 2.75) is 11.7 Å². The molecular weight excluding hydrogens is 364 g/mol. The maximum atomic E-state index is 13.4. The number of ether oxygens (including phenoxy) is 1. The van der Waals surface area contributed by atoms with E-state index in [4.69, 9.17) is 4.74 Å². The van der Waals surface area contributed by atoms with Gasteiger partial charge in [-0.25, -0.2) is 17.2 Å². The smallest absolute Gasteiger partial charge is 0.316 e. The van der Waals surface area contributed by atoms with Crippen molar-refractivity contribution < 1.29 is 31.5 Å². The maximum absolute atomic E-state index is 13.4. The number of carbonyl (C=O) groups is 2. The summed E-state index contributed by atoms with van der Waals surface area (Å²) in [5.41, 5.74) is -0.219. The zero-order valence-electron chi connectivity index (χ0n) is 12.5. The van der Waals surface area contributed by atoms with Gasteiger partial charge in [0, 0.05) is 11.3 Å². The molecule has 1 heterocycles. The SMILES string of the molecule is O=C(COC(=O)CS[C@@H]1CCS(=O)(=O)C1)Nc1ccc(F)cc1F. The Bertz CT molecular complexity index is 739. The molecular formula is C14H15F2NO5S2. The first-order chi connectivity index (χ1) is 11.2. The molecule has 0 radical (unpaired) electrons. The lowest BCUT2D eigenvalue weighted by molar-refractivity contribution is -0.144. The molecule has 6 nitrogen and oxygen atoms in total. The molecule has 1 N–H and O–H groups in total. The topological polar surface area (TPSA) is 89.5 Å². The summed E-state index contributed by atoms with van der Waals surface area (Å²) in [5, 5.41) is 2.01. The van der Waals surface area contributed by atoms with Gasteiger partial charge >= 0.3 is 5.97 Å². The summed E-state index contributed by atoms with van der Waals surface area (Å²) in [4.78, 5) is 23.1. The fraction of sp³-hybridized carbons (Fsp3) is 0.429. The molecule has 0 aromatic heterocycles. The Hall–Kier alpha value is -1.68. The summed E-state index contributed by atoms with van der Waals surface area (Å²) in [5.74, 6) is -3.06. The van der Waals surface area contributed by atoms with Crippen LogP contribution < -0.4 is 5.32 Å². The Kier molecular flexibility index (Phi) is 6.16. The van der Waals surface area contributed by atoms with Crippen LogP contribution in [0.25, 0.3) is 0 Å². The van der Waals surface area contributed by atoms with Crippen molar-refractivity contribution in [1.29, 1.82) is 0 Å². The van der Waals surface area contributed by atoms with Gasteiger partial charge in [-0.15, -0.1) is 11.8 Å². The third-order valence-electron chi connectivity index (χ3n) is 3.20. The minimum Gasteiger partial charge on any atom is -0.455 e. The molecule has 0 unspecified atom stereocenters. The molecule has 0 saturated carbocycles. The second-order valence-corrected chi connectivity index (χ2v) is 8.69. The third-order valence-corrected chi connectivity index (χ3v) is 6.45. The second-order valence-electron chi connectivity index (χ2n) is 5.17. The first-order valence-electron chi connectivity index (χ1n) is 6.98. The van der Waals surface area contributed by atoms with Crippen molar-refractivity contribution in [3.8, 4) is 0 Å². The van der Waals surface area contributed by atoms with E-state index < -0.39 is 40.0 Å². The molecule has 1 amide bonds. The molecule has 1 aromatic rings. The highest BCUT2D eigenvalue weighted by Crippen LogP contribution is 2.24. The van der Waals surface area contributed by atoms with Gasteiger partial charge < -0.3 is 10.1 Å². The standard InChI is InChI=1S/C14H15F2NO5S2/c15-9-1-2-12(11(16)5-9)17-13(18)6-22-14(19)7-23-10-3-4-24(20,21)8-10/h1-2,5,10H,3-4,6-8H2,(H,17,18)/t10-/m1/s1. The number of anilines is 1. The number of hydrogen-bond donors (Lipinski definition) is 1. The van der Waals surface area contributed by atoms with Crippen LogP contribution in [0.15, 0.2) is 18.2 Å². The lowest BCUT2D eigenvalue weighted by Crippen LogP contribution is -2.22. The van der Waals surface area contributed by atoms with Crippen molar-refractivity contribution in [2.24, 2.45) is 0 Å². The van der Waals surface area contributed by atoms with Crippen LogP contribution in [0.3, 0.4) is 0 Å². The van der Waals surface area contributed by atoms with E-state index in [1.807, 2.05) is 0 Å². The number of benzene rings is 1. The predicted molar refractivity (Wildman–Crippen MR) is 85.5 cm³/mol. The lowest BCUT2D eigenvalue weighted by atomic mass is 10.3. The molecule has 1 aliphatic heterocycles. The monoisotopic (exact) mass is 379 g/mol. The zero-order chi connectivity index (χ0) is 17.7. The van der Waals surface area contributed by atoms with Gasteiger partial charge in [0.1, 0.15) is 11.6 Å². The van der Waals surface area contributed by atoms with E-state index in [0.717, 1.165) is 12.1 Å². The fourth-order valence-corrected chi connectivity index (χ4v) is 5.48. The van der Waals surface area contributed by atoms with Gasteiger partial charge in [0.05, 0.1) is 22.9 Å². The Morgan fingerprint density at radius 3 is 2.71 bits per heavy atom. The molecule has 2 rings (SSSR count). The number of carbonyl (C=O) groups excluding carboxylic acids is 2. The van der Waals surface area contributed by atoms with Crippen molar-refractivity contribution in [2.75, 3.05) is 29.2 Å². The van der Waals surface area contributed by atoms with Crippen molar-refractivity contribution in [3.05, 3.63) is 29.8 Å². The van der Waals surface area contributed by atoms with Crippen LogP contribution in [0.2, 0.25) is 0 Å². The molecule has 1 aromatic carbocycles. The third kappa shape index (κ3) is 5.75. The highest BCUT2D eigenvalue weighted by molar-refractivity contribution is 8.02. The Morgan fingerprint density at radius 2 is 2.08 bits per heavy atom. The van der Waals surface area contributed by atoms with Crippen LogP contribution in [0, 0.1) is 11.6 Å². The molecule has 1 atom stereocenters. The van der Waals surface area contributed by atoms with Gasteiger partial charge in [-0.2, -0.15) is 0 Å². The van der Waals surface area contributed by atoms with Crippen LogP contribution >= 0.6 is 11.8 Å². The molecule has 10 heteroatoms. The molecule has 1 fully saturated rings. The average molecular weight is 379 g/mol. The maximum Gasteiger partial charge on any atom is 0.316 e. The molecule has 1 saturated heterocycles. The fourth-order valence-electron chi connectivity index (χ4n) is 2.04. The van der Waals surface area contributed by atoms with Crippen LogP contribution in [-0.2, 0) is 24.2 Å². The van der Waals surface area contributed by atoms with Crippen LogP contribution in [-0.4, -0.2) is 49.4 Å². The summed E-state index contributed by atoms with van der Waals surface area (Å²) in [6.45, 7) is -0.612. The molecule has 0 bridgehead atoms. The highest BCUT2D eigenvalue weighted by atomic mass is 32.2. The second kappa shape index (κ2) is 7.93. The van der Waals surface area contributed by atoms with E-state index in [-0.39, 0.29) is 28.2 Å². The number of hydrogen-bond acceptors (Lipinski definition) is 6. The Labute approximate surface area is 141 Å². The number of rotatable bonds is 6. The summed E-state index contributed by atoms with van der Waals surface area (Å²) in [6.07, 6.45) is 0.491. The van der Waals surface area contributed by atoms with Crippen LogP contribution in [0.1, 0.15) is 6.42 Å². The Morgan fingerprint density at radius 1 is 1.33 bits per heavy atom. The number of esters is 1. The van der Waals surface area contributed by atoms with E-state index in [1.54, 1.807) is 0 Å². The number of thioether (sulfide) groups is 1. The highest BCUT2D eigenvalue weighted by Gasteiger charge is 2.28. The minimum absolute atomic E-state index is 0.0370. The molecule has 24 heavy (non-hydrogen) atoms. The van der Waals surface area contributed by atoms with Crippen LogP contribution in [0.5, 0.6) is 0 Å². The van der Waals surface area contributed by atoms with Crippen molar-refractivity contribution in [3.63, 3.8) is 0 Å². The summed E-state index contributed by atoms with van der Waals surface area (Å²) >= 11 is 1.17. The lowest BCUT2D eigenvalue weighted by Gasteiger charge is -2.09. The first kappa shape index (κ1) is 18.7. The summed E-state index contributed by atoms with van der Waals surface area (Å²) in [6, 6.07) is 2.66. The van der Waals surface area contributed by atoms with E-state index in [1.165, 1.54) is 11.8 Å². The quantitative estimate of drug-likeness (QED) is 0.751. The van der Waals surface area contributed by atoms with E-state index in [2.05, 4.69) is 5.32 Å². The summed E-state index contributed by atoms with van der Waals surface area (Å²) < 4.78 is 53.4. The van der Waals surface area contributed by atoms with E-state index >= 15 is 0 Å². The van der Waals surface area contributed by atoms with Crippen molar-refractivity contribution in [1.82, 2.24) is 0 Å². The largest absolute Gasteiger partial charge is 0.455 e. The van der Waals surface area contributed by atoms with Gasteiger partial charge in [-0.05, 0) is 18.6 Å². The summed E-state index contributed by atoms with van der Waals surface area (Å²) in [7, 11) is -3.01. The van der Waals surface area contributed by atoms with Gasteiger partial charge in [0.2, 0.25) is 0 Å². The van der Waals surface area contributed by atoms with Gasteiger partial charge in [0.15, 0.2) is 16.4 Å². The van der Waals surface area contributed by atoms with Gasteiger partial charge in [-0.1, -0.05) is 0 Å². The zero-order valence-corrected chi connectivity index (χ0v) is 14.1. The molecule has 0 aliphatic carbocycles. The normalized spacial score (nSPS) is 19.0. The molecule has 1 aliphatic rings. The molecule has 0 spiro atoms. The number of amides is 1. The Balaban J connectivity index is 1.70. The number of sulfone groups is 1. The van der Waals surface area contributed by atoms with E-state index in [0.29, 0.717) is 12.5 Å². The van der Waals surface area contributed by atoms with Gasteiger partial charge in [0.25, 0.3) is 5.91 Å². The number of nitrogens with one attached hydrogen (secondary N) is 1. The van der Waals surface area contributed by atoms with Gasteiger partial charge in [-0.3, -0.25) is 9.59 Å². The average Bonchev–Trinajstić information content (AvgIpc) is 2.85. The first-order valence-corrected chi connectivity index (χ1v) is 9.85. The minimum atomic E-state index is -3.01. The van der Waals surface area contributed by atoms with Crippen molar-refractivity contribution >= 4 is 39.2 Å². The predicted octanol–water partition coefficient (Wildman–Crippen LogP) is 1.37. The van der Waals surface area contributed by atoms with Crippen LogP contribution in [0.4, 0.5) is 14.5 Å². The molecule has 132 valence electrons. The van der Waals surface area contributed by atoms with E-state index in [9.17, 15) is 26.8 Å². The number of halogens is 2.